The first-order valence-corrected chi connectivity index (χ1v) is 8.40. The van der Waals surface area contributed by atoms with Crippen LogP contribution < -0.4 is 10.5 Å². The van der Waals surface area contributed by atoms with Crippen molar-refractivity contribution >= 4 is 17.5 Å². The van der Waals surface area contributed by atoms with Gasteiger partial charge in [0.1, 0.15) is 11.5 Å². The highest BCUT2D eigenvalue weighted by Crippen LogP contribution is 2.30. The van der Waals surface area contributed by atoms with Crippen molar-refractivity contribution in [3.63, 3.8) is 0 Å². The van der Waals surface area contributed by atoms with E-state index < -0.39 is 0 Å². The molecule has 0 spiro atoms. The molecule has 3 rings (SSSR count). The molecule has 5 heteroatoms. The number of nitrogens with zero attached hydrogens (tertiary/aromatic N) is 1. The van der Waals surface area contributed by atoms with Gasteiger partial charge < -0.3 is 15.4 Å². The zero-order valence-electron chi connectivity index (χ0n) is 13.7. The lowest BCUT2D eigenvalue weighted by molar-refractivity contribution is 0.0777. The zero-order valence-corrected chi connectivity index (χ0v) is 14.4. The molecule has 24 heavy (non-hydrogen) atoms. The number of likely N-dealkylation sites (tertiary alicyclic amines) is 1. The van der Waals surface area contributed by atoms with E-state index in [1.54, 1.807) is 36.4 Å². The molecule has 0 bridgehead atoms. The summed E-state index contributed by atoms with van der Waals surface area (Å²) < 4.78 is 5.74. The second kappa shape index (κ2) is 6.83. The molecule has 1 unspecified atom stereocenters. The molecular formula is C19H21ClN2O2. The highest BCUT2D eigenvalue weighted by Gasteiger charge is 2.35. The summed E-state index contributed by atoms with van der Waals surface area (Å²) in [6.45, 7) is 4.20. The lowest BCUT2D eigenvalue weighted by Gasteiger charge is -2.22. The van der Waals surface area contributed by atoms with Crippen LogP contribution in [0.4, 0.5) is 0 Å². The molecule has 126 valence electrons. The van der Waals surface area contributed by atoms with E-state index in [0.717, 1.165) is 13.0 Å². The number of hydrogen-bond acceptors (Lipinski definition) is 3. The molecule has 2 N–H and O–H groups in total. The summed E-state index contributed by atoms with van der Waals surface area (Å²) in [5.74, 6) is 1.38. The maximum absolute atomic E-state index is 12.6. The van der Waals surface area contributed by atoms with Crippen molar-refractivity contribution in [3.05, 3.63) is 59.1 Å². The molecule has 0 radical (unpaired) electrons. The summed E-state index contributed by atoms with van der Waals surface area (Å²) >= 11 is 5.95. The number of carbonyl (C=O) groups excluding carboxylic acids is 1. The smallest absolute Gasteiger partial charge is 0.253 e. The third-order valence-electron chi connectivity index (χ3n) is 4.47. The Balaban J connectivity index is 1.67. The van der Waals surface area contributed by atoms with E-state index in [-0.39, 0.29) is 11.3 Å². The van der Waals surface area contributed by atoms with Crippen molar-refractivity contribution in [1.82, 2.24) is 4.90 Å². The third kappa shape index (κ3) is 3.71. The number of amides is 1. The lowest BCUT2D eigenvalue weighted by Crippen LogP contribution is -2.34. The van der Waals surface area contributed by atoms with Crippen LogP contribution in [-0.4, -0.2) is 30.4 Å². The molecule has 0 saturated carbocycles. The molecule has 2 aromatic rings. The van der Waals surface area contributed by atoms with Gasteiger partial charge in [-0.15, -0.1) is 0 Å². The van der Waals surface area contributed by atoms with Crippen molar-refractivity contribution < 1.29 is 9.53 Å². The van der Waals surface area contributed by atoms with Crippen molar-refractivity contribution in [2.75, 3.05) is 19.6 Å². The van der Waals surface area contributed by atoms with E-state index in [1.165, 1.54) is 0 Å². The summed E-state index contributed by atoms with van der Waals surface area (Å²) in [5.41, 5.74) is 6.50. The predicted octanol–water partition coefficient (Wildman–Crippen LogP) is 3.94. The monoisotopic (exact) mass is 344 g/mol. The van der Waals surface area contributed by atoms with Gasteiger partial charge in [0.15, 0.2) is 0 Å². The second-order valence-electron chi connectivity index (χ2n) is 6.58. The van der Waals surface area contributed by atoms with Crippen LogP contribution in [-0.2, 0) is 0 Å². The Hall–Kier alpha value is -2.04. The van der Waals surface area contributed by atoms with Gasteiger partial charge in [-0.25, -0.2) is 0 Å². The van der Waals surface area contributed by atoms with E-state index >= 15 is 0 Å². The standard InChI is InChI=1S/C19H21ClN2O2/c1-19(12-21)9-10-22(13-19)18(23)14-5-7-16(8-6-14)24-17-4-2-3-15(20)11-17/h2-8,11H,9-10,12-13,21H2,1H3. The minimum atomic E-state index is 0.0330. The van der Waals surface area contributed by atoms with Crippen LogP contribution in [0.1, 0.15) is 23.7 Å². The minimum Gasteiger partial charge on any atom is -0.457 e. The number of halogens is 1. The Labute approximate surface area is 147 Å². The molecule has 1 atom stereocenters. The SMILES string of the molecule is CC1(CN)CCN(C(=O)c2ccc(Oc3cccc(Cl)c3)cc2)C1. The topological polar surface area (TPSA) is 55.6 Å². The number of hydrogen-bond donors (Lipinski definition) is 1. The van der Waals surface area contributed by atoms with E-state index in [1.807, 2.05) is 17.0 Å². The largest absolute Gasteiger partial charge is 0.457 e. The van der Waals surface area contributed by atoms with Crippen LogP contribution in [0.3, 0.4) is 0 Å². The average molecular weight is 345 g/mol. The first-order valence-electron chi connectivity index (χ1n) is 8.02. The van der Waals surface area contributed by atoms with E-state index in [9.17, 15) is 4.79 Å². The summed E-state index contributed by atoms with van der Waals surface area (Å²) in [6.07, 6.45) is 0.950. The van der Waals surface area contributed by atoms with Crippen LogP contribution in [0.5, 0.6) is 11.5 Å². The van der Waals surface area contributed by atoms with Gasteiger partial charge in [-0.2, -0.15) is 0 Å². The van der Waals surface area contributed by atoms with E-state index in [0.29, 0.717) is 35.2 Å². The van der Waals surface area contributed by atoms with Crippen LogP contribution >= 0.6 is 11.6 Å². The van der Waals surface area contributed by atoms with Crippen molar-refractivity contribution in [2.45, 2.75) is 13.3 Å². The molecule has 0 aromatic heterocycles. The van der Waals surface area contributed by atoms with Gasteiger partial charge in [0, 0.05) is 23.7 Å². The Bertz CT molecular complexity index is 732. The third-order valence-corrected chi connectivity index (χ3v) is 4.71. The van der Waals surface area contributed by atoms with Crippen molar-refractivity contribution in [3.8, 4) is 11.5 Å². The van der Waals surface area contributed by atoms with Gasteiger partial charge in [0.25, 0.3) is 5.91 Å². The Morgan fingerprint density at radius 1 is 1.25 bits per heavy atom. The highest BCUT2D eigenvalue weighted by molar-refractivity contribution is 6.30. The average Bonchev–Trinajstić information content (AvgIpc) is 2.98. The Kier molecular flexibility index (Phi) is 4.78. The fourth-order valence-electron chi connectivity index (χ4n) is 2.88. The van der Waals surface area contributed by atoms with Crippen LogP contribution in [0, 0.1) is 5.41 Å². The lowest BCUT2D eigenvalue weighted by atomic mass is 9.90. The van der Waals surface area contributed by atoms with Gasteiger partial charge in [-0.05, 0) is 60.8 Å². The molecule has 1 aliphatic rings. The molecule has 1 fully saturated rings. The molecule has 1 aliphatic heterocycles. The molecular weight excluding hydrogens is 324 g/mol. The fourth-order valence-corrected chi connectivity index (χ4v) is 3.06. The summed E-state index contributed by atoms with van der Waals surface area (Å²) in [7, 11) is 0. The van der Waals surface area contributed by atoms with Crippen molar-refractivity contribution in [2.24, 2.45) is 11.1 Å². The molecule has 2 aromatic carbocycles. The number of benzene rings is 2. The summed E-state index contributed by atoms with van der Waals surface area (Å²) in [4.78, 5) is 14.5. The number of ether oxygens (including phenoxy) is 1. The Morgan fingerprint density at radius 2 is 2.00 bits per heavy atom. The van der Waals surface area contributed by atoms with Gasteiger partial charge in [-0.1, -0.05) is 24.6 Å². The van der Waals surface area contributed by atoms with Crippen LogP contribution in [0.25, 0.3) is 0 Å². The summed E-state index contributed by atoms with van der Waals surface area (Å²) in [6, 6.07) is 14.4. The van der Waals surface area contributed by atoms with Crippen LogP contribution in [0.15, 0.2) is 48.5 Å². The molecule has 0 aliphatic carbocycles. The predicted molar refractivity (Wildman–Crippen MR) is 95.6 cm³/mol. The summed E-state index contributed by atoms with van der Waals surface area (Å²) in [5, 5.41) is 0.622. The van der Waals surface area contributed by atoms with E-state index in [2.05, 4.69) is 6.92 Å². The van der Waals surface area contributed by atoms with E-state index in [4.69, 9.17) is 22.1 Å². The van der Waals surface area contributed by atoms with Gasteiger partial charge in [0.05, 0.1) is 0 Å². The Morgan fingerprint density at radius 3 is 2.62 bits per heavy atom. The zero-order chi connectivity index (χ0) is 17.2. The number of nitrogens with two attached hydrogens (primary N) is 1. The maximum atomic E-state index is 12.6. The highest BCUT2D eigenvalue weighted by atomic mass is 35.5. The normalized spacial score (nSPS) is 20.2. The number of rotatable bonds is 4. The number of carbonyl (C=O) groups is 1. The maximum Gasteiger partial charge on any atom is 0.253 e. The first kappa shape index (κ1) is 16.8. The van der Waals surface area contributed by atoms with Gasteiger partial charge in [0.2, 0.25) is 0 Å². The molecule has 1 heterocycles. The first-order chi connectivity index (χ1) is 11.5. The fraction of sp³-hybridized carbons (Fsp3) is 0.316. The molecule has 1 amide bonds. The molecule has 1 saturated heterocycles. The van der Waals surface area contributed by atoms with Gasteiger partial charge in [-0.3, -0.25) is 4.79 Å². The minimum absolute atomic E-state index is 0.0330. The van der Waals surface area contributed by atoms with Gasteiger partial charge >= 0.3 is 0 Å². The van der Waals surface area contributed by atoms with Crippen molar-refractivity contribution in [1.29, 1.82) is 0 Å². The molecule has 4 nitrogen and oxygen atoms in total. The quantitative estimate of drug-likeness (QED) is 0.913. The second-order valence-corrected chi connectivity index (χ2v) is 7.01. The van der Waals surface area contributed by atoms with Crippen LogP contribution in [0.2, 0.25) is 5.02 Å².